The van der Waals surface area contributed by atoms with E-state index in [0.29, 0.717) is 63.2 Å². The minimum atomic E-state index is -1.25. The number of hydrogen-bond acceptors (Lipinski definition) is 9. The number of carbonyl (C=O) groups excluding carboxylic acids is 5. The Labute approximate surface area is 312 Å². The van der Waals surface area contributed by atoms with Gasteiger partial charge in [-0.2, -0.15) is 11.8 Å². The first-order chi connectivity index (χ1) is 25.0. The second-order valence-electron chi connectivity index (χ2n) is 14.8. The van der Waals surface area contributed by atoms with Gasteiger partial charge in [-0.25, -0.2) is 0 Å². The van der Waals surface area contributed by atoms with Crippen molar-refractivity contribution in [2.45, 2.75) is 133 Å². The largest absolute Gasteiger partial charge is 0.378 e. The number of benzene rings is 1. The molecule has 5 atom stereocenters. The molecule has 0 radical (unpaired) electrons. The molecule has 2 heterocycles. The summed E-state index contributed by atoms with van der Waals surface area (Å²) in [6.45, 7) is 2.84. The standard InChI is InChI=1S/C38H60N6O7S/c1-38(51)31(24-34(47)44(38)22-10-4-9-15-32(45)40-25-26-16-18-27(19-17-26)35(48)39-2)52-23-11-5-8-14-29(36(49)41-28-12-6-3-7-13-28)43-37(50)30-20-21-33(46)42-30/h3,6-7,12-13,26-27,29-31,35,39,48,51H,4-5,8-11,14-25H2,1-2H3,(H,40,45)(H,41,49)(H,42,46)(H,43,50)/t26?,27?,29-,30+,31?,35?,38?/m0/s1. The summed E-state index contributed by atoms with van der Waals surface area (Å²) in [6, 6.07) is 7.68. The van der Waals surface area contributed by atoms with Gasteiger partial charge in [-0.05, 0) is 101 Å². The van der Waals surface area contributed by atoms with Crippen LogP contribution in [0.3, 0.4) is 0 Å². The highest BCUT2D eigenvalue weighted by molar-refractivity contribution is 8.00. The highest BCUT2D eigenvalue weighted by Crippen LogP contribution is 2.37. The van der Waals surface area contributed by atoms with Crippen LogP contribution in [0.2, 0.25) is 0 Å². The van der Waals surface area contributed by atoms with Gasteiger partial charge in [-0.1, -0.05) is 37.5 Å². The Bertz CT molecular complexity index is 1330. The van der Waals surface area contributed by atoms with E-state index in [2.05, 4.69) is 26.6 Å². The number of para-hydroxylation sites is 1. The van der Waals surface area contributed by atoms with Crippen LogP contribution in [0.15, 0.2) is 30.3 Å². The lowest BCUT2D eigenvalue weighted by molar-refractivity contribution is -0.142. The van der Waals surface area contributed by atoms with E-state index in [9.17, 15) is 34.2 Å². The van der Waals surface area contributed by atoms with Crippen molar-refractivity contribution in [2.24, 2.45) is 11.8 Å². The van der Waals surface area contributed by atoms with Crippen molar-refractivity contribution < 1.29 is 34.2 Å². The molecule has 4 rings (SSSR count). The monoisotopic (exact) mass is 744 g/mol. The highest BCUT2D eigenvalue weighted by atomic mass is 32.2. The third kappa shape index (κ3) is 12.7. The summed E-state index contributed by atoms with van der Waals surface area (Å²) in [7, 11) is 1.77. The molecule has 1 aromatic carbocycles. The van der Waals surface area contributed by atoms with E-state index in [0.717, 1.165) is 57.1 Å². The Hall–Kier alpha value is -3.20. The molecule has 0 spiro atoms. The van der Waals surface area contributed by atoms with Crippen molar-refractivity contribution in [3.05, 3.63) is 30.3 Å². The third-order valence-corrected chi connectivity index (χ3v) is 12.3. The zero-order valence-electron chi connectivity index (χ0n) is 30.9. The van der Waals surface area contributed by atoms with Crippen molar-refractivity contribution in [3.63, 3.8) is 0 Å². The van der Waals surface area contributed by atoms with Gasteiger partial charge in [-0.3, -0.25) is 29.3 Å². The minimum Gasteiger partial charge on any atom is -0.378 e. The van der Waals surface area contributed by atoms with Gasteiger partial charge >= 0.3 is 0 Å². The van der Waals surface area contributed by atoms with E-state index in [1.54, 1.807) is 42.8 Å². The zero-order chi connectivity index (χ0) is 37.5. The van der Waals surface area contributed by atoms with Crippen molar-refractivity contribution in [3.8, 4) is 0 Å². The Morgan fingerprint density at radius 3 is 2.42 bits per heavy atom. The Morgan fingerprint density at radius 2 is 1.73 bits per heavy atom. The third-order valence-electron chi connectivity index (χ3n) is 10.8. The Balaban J connectivity index is 1.10. The number of aliphatic hydroxyl groups excluding tert-OH is 1. The van der Waals surface area contributed by atoms with Crippen LogP contribution in [0.5, 0.6) is 0 Å². The molecule has 2 saturated heterocycles. The van der Waals surface area contributed by atoms with Gasteiger partial charge in [0.2, 0.25) is 29.5 Å². The van der Waals surface area contributed by atoms with E-state index < -0.39 is 24.0 Å². The number of unbranched alkanes of at least 4 members (excludes halogenated alkanes) is 4. The highest BCUT2D eigenvalue weighted by Gasteiger charge is 2.48. The van der Waals surface area contributed by atoms with E-state index in [1.165, 1.54) is 0 Å². The number of rotatable bonds is 21. The van der Waals surface area contributed by atoms with Crippen LogP contribution < -0.4 is 26.6 Å². The number of aliphatic hydroxyl groups is 2. The molecule has 2 aliphatic heterocycles. The van der Waals surface area contributed by atoms with Crippen molar-refractivity contribution in [1.82, 2.24) is 26.2 Å². The number of nitrogens with one attached hydrogen (secondary N) is 5. The lowest BCUT2D eigenvalue weighted by atomic mass is 9.81. The van der Waals surface area contributed by atoms with Gasteiger partial charge in [0.05, 0.1) is 5.25 Å². The minimum absolute atomic E-state index is 0.0490. The van der Waals surface area contributed by atoms with Gasteiger partial charge in [0.1, 0.15) is 24.0 Å². The predicted octanol–water partition coefficient (Wildman–Crippen LogP) is 3.01. The van der Waals surface area contributed by atoms with Gasteiger partial charge in [0, 0.05) is 38.0 Å². The van der Waals surface area contributed by atoms with Crippen LogP contribution in [0, 0.1) is 11.8 Å². The summed E-state index contributed by atoms with van der Waals surface area (Å²) in [4.78, 5) is 64.4. The molecule has 14 heteroatoms. The lowest BCUT2D eigenvalue weighted by Crippen LogP contribution is -2.50. The molecule has 13 nitrogen and oxygen atoms in total. The average molecular weight is 745 g/mol. The topological polar surface area (TPSA) is 189 Å². The maximum atomic E-state index is 13.1. The summed E-state index contributed by atoms with van der Waals surface area (Å²) in [5, 5.41) is 35.4. The molecule has 3 fully saturated rings. The first kappa shape index (κ1) is 41.6. The summed E-state index contributed by atoms with van der Waals surface area (Å²) >= 11 is 1.59. The molecule has 3 unspecified atom stereocenters. The predicted molar refractivity (Wildman–Crippen MR) is 202 cm³/mol. The number of carbonyl (C=O) groups is 5. The van der Waals surface area contributed by atoms with Crippen molar-refractivity contribution in [1.29, 1.82) is 0 Å². The van der Waals surface area contributed by atoms with Gasteiger partial charge < -0.3 is 36.4 Å². The maximum absolute atomic E-state index is 13.1. The summed E-state index contributed by atoms with van der Waals surface area (Å²) in [5.41, 5.74) is -0.609. The number of nitrogens with zero attached hydrogens (tertiary/aromatic N) is 1. The summed E-state index contributed by atoms with van der Waals surface area (Å²) in [6.07, 6.45) is 9.91. The Morgan fingerprint density at radius 1 is 1.00 bits per heavy atom. The van der Waals surface area contributed by atoms with E-state index in [4.69, 9.17) is 0 Å². The first-order valence-corrected chi connectivity index (χ1v) is 20.2. The normalized spacial score (nSPS) is 25.7. The van der Waals surface area contributed by atoms with Crippen LogP contribution in [-0.2, 0) is 24.0 Å². The quantitative estimate of drug-likeness (QED) is 0.0734. The summed E-state index contributed by atoms with van der Waals surface area (Å²) < 4.78 is 0. The van der Waals surface area contributed by atoms with Crippen LogP contribution >= 0.6 is 11.8 Å². The van der Waals surface area contributed by atoms with Crippen molar-refractivity contribution in [2.75, 3.05) is 31.2 Å². The van der Waals surface area contributed by atoms with Crippen LogP contribution in [0.4, 0.5) is 5.69 Å². The molecule has 52 heavy (non-hydrogen) atoms. The van der Waals surface area contributed by atoms with E-state index in [-0.39, 0.29) is 47.1 Å². The lowest BCUT2D eigenvalue weighted by Gasteiger charge is -2.34. The molecule has 1 aromatic rings. The molecule has 1 aliphatic carbocycles. The second kappa shape index (κ2) is 20.9. The first-order valence-electron chi connectivity index (χ1n) is 19.2. The number of amides is 5. The molecule has 1 saturated carbocycles. The molecule has 0 bridgehead atoms. The number of thioether (sulfide) groups is 1. The zero-order valence-corrected chi connectivity index (χ0v) is 31.7. The second-order valence-corrected chi connectivity index (χ2v) is 16.1. The smallest absolute Gasteiger partial charge is 0.246 e. The van der Waals surface area contributed by atoms with Gasteiger partial charge in [0.15, 0.2) is 0 Å². The molecule has 0 aromatic heterocycles. The maximum Gasteiger partial charge on any atom is 0.246 e. The summed E-state index contributed by atoms with van der Waals surface area (Å²) in [5.74, 6) is 0.645. The van der Waals surface area contributed by atoms with E-state index in [1.807, 2.05) is 18.2 Å². The van der Waals surface area contributed by atoms with Crippen LogP contribution in [-0.4, -0.2) is 99.8 Å². The number of likely N-dealkylation sites (tertiary alicyclic amines) is 1. The fourth-order valence-corrected chi connectivity index (χ4v) is 8.79. The van der Waals surface area contributed by atoms with Crippen LogP contribution in [0.25, 0.3) is 0 Å². The fraction of sp³-hybridized carbons (Fsp3) is 0.711. The molecule has 7 N–H and O–H groups in total. The molecular formula is C38H60N6O7S. The SMILES string of the molecule is CNC(O)C1CCC(CNC(=O)CCCCCN2C(=O)CC(SCCCCC[C@H](NC(=O)[C@H]3CCC(=O)N3)C(=O)Nc3ccccc3)C2(C)O)CC1. The molecule has 5 amide bonds. The molecular weight excluding hydrogens is 685 g/mol. The number of hydrogen-bond donors (Lipinski definition) is 7. The fourth-order valence-electron chi connectivity index (χ4n) is 7.43. The van der Waals surface area contributed by atoms with Gasteiger partial charge in [0.25, 0.3) is 0 Å². The Kier molecular flexibility index (Phi) is 16.7. The van der Waals surface area contributed by atoms with Crippen LogP contribution in [0.1, 0.15) is 103 Å². The van der Waals surface area contributed by atoms with Gasteiger partial charge in [-0.15, -0.1) is 0 Å². The molecule has 290 valence electrons. The van der Waals surface area contributed by atoms with Crippen molar-refractivity contribution >= 4 is 47.0 Å². The molecule has 3 aliphatic rings. The average Bonchev–Trinajstić information content (AvgIpc) is 3.67. The number of anilines is 1. The van der Waals surface area contributed by atoms with E-state index >= 15 is 0 Å².